The molecular weight excluding hydrogens is 154 g/mol. The summed E-state index contributed by atoms with van der Waals surface area (Å²) in [7, 11) is 0. The Hall–Kier alpha value is -0.570. The fourth-order valence-corrected chi connectivity index (χ4v) is 1.76. The van der Waals surface area contributed by atoms with Gasteiger partial charge in [0, 0.05) is 19.5 Å². The monoisotopic (exact) mass is 171 g/mol. The number of amides is 1. The van der Waals surface area contributed by atoms with Crippen LogP contribution in [0.5, 0.6) is 0 Å². The number of piperidine rings is 1. The van der Waals surface area contributed by atoms with Gasteiger partial charge >= 0.3 is 0 Å². The molecule has 0 bridgehead atoms. The largest absolute Gasteiger partial charge is 0.393 e. The van der Waals surface area contributed by atoms with Crippen LogP contribution < -0.4 is 0 Å². The molecule has 3 atom stereocenters. The molecule has 0 aromatic heterocycles. The van der Waals surface area contributed by atoms with E-state index < -0.39 is 0 Å². The van der Waals surface area contributed by atoms with Gasteiger partial charge in [-0.25, -0.2) is 0 Å². The average Bonchev–Trinajstić information content (AvgIpc) is 1.96. The molecule has 70 valence electrons. The first-order valence-corrected chi connectivity index (χ1v) is 4.47. The molecule has 12 heavy (non-hydrogen) atoms. The van der Waals surface area contributed by atoms with Crippen LogP contribution in [-0.4, -0.2) is 34.6 Å². The van der Waals surface area contributed by atoms with Crippen LogP contribution in [-0.2, 0) is 4.79 Å². The molecule has 0 aromatic rings. The Bertz CT molecular complexity index is 181. The molecule has 1 saturated heterocycles. The molecule has 1 aliphatic rings. The molecular formula is C9H17NO2. The molecule has 1 heterocycles. The lowest BCUT2D eigenvalue weighted by atomic mass is 9.92. The number of hydrogen-bond acceptors (Lipinski definition) is 2. The molecule has 1 rings (SSSR count). The van der Waals surface area contributed by atoms with Gasteiger partial charge in [-0.05, 0) is 19.3 Å². The zero-order valence-electron chi connectivity index (χ0n) is 7.95. The molecule has 0 aliphatic carbocycles. The van der Waals surface area contributed by atoms with Crippen molar-refractivity contribution in [2.45, 2.75) is 39.3 Å². The summed E-state index contributed by atoms with van der Waals surface area (Å²) in [5.74, 6) is 0.325. The number of hydrogen-bond donors (Lipinski definition) is 1. The first kappa shape index (κ1) is 9.52. The predicted octanol–water partition coefficient (Wildman–Crippen LogP) is 0.624. The number of rotatable bonds is 0. The number of aliphatic hydroxyl groups excluding tert-OH is 1. The van der Waals surface area contributed by atoms with E-state index in [1.165, 1.54) is 0 Å². The van der Waals surface area contributed by atoms with Crippen LogP contribution >= 0.6 is 0 Å². The minimum absolute atomic E-state index is 0.112. The molecule has 0 spiro atoms. The molecule has 3 nitrogen and oxygen atoms in total. The Kier molecular flexibility index (Phi) is 2.73. The Labute approximate surface area is 73.4 Å². The maximum Gasteiger partial charge on any atom is 0.219 e. The number of carbonyl (C=O) groups is 1. The van der Waals surface area contributed by atoms with Gasteiger partial charge < -0.3 is 10.0 Å². The van der Waals surface area contributed by atoms with Crippen molar-refractivity contribution in [2.75, 3.05) is 6.54 Å². The maximum atomic E-state index is 11.1. The van der Waals surface area contributed by atoms with Gasteiger partial charge in [0.25, 0.3) is 0 Å². The highest BCUT2D eigenvalue weighted by Gasteiger charge is 2.30. The Morgan fingerprint density at radius 3 is 2.58 bits per heavy atom. The predicted molar refractivity (Wildman–Crippen MR) is 46.6 cm³/mol. The van der Waals surface area contributed by atoms with E-state index >= 15 is 0 Å². The number of aliphatic hydroxyl groups is 1. The zero-order chi connectivity index (χ0) is 9.30. The van der Waals surface area contributed by atoms with Crippen molar-refractivity contribution in [3.05, 3.63) is 0 Å². The zero-order valence-corrected chi connectivity index (χ0v) is 7.95. The van der Waals surface area contributed by atoms with E-state index in [0.717, 1.165) is 0 Å². The third kappa shape index (κ3) is 1.78. The lowest BCUT2D eigenvalue weighted by Crippen LogP contribution is -2.49. The van der Waals surface area contributed by atoms with Crippen LogP contribution in [0.1, 0.15) is 27.2 Å². The number of carbonyl (C=O) groups excluding carboxylic acids is 1. The van der Waals surface area contributed by atoms with Crippen LogP contribution in [0.25, 0.3) is 0 Å². The molecule has 3 heteroatoms. The summed E-state index contributed by atoms with van der Waals surface area (Å²) >= 11 is 0. The summed E-state index contributed by atoms with van der Waals surface area (Å²) < 4.78 is 0. The van der Waals surface area contributed by atoms with Crippen molar-refractivity contribution in [1.29, 1.82) is 0 Å². The summed E-state index contributed by atoms with van der Waals surface area (Å²) in [5, 5.41) is 9.51. The van der Waals surface area contributed by atoms with Crippen molar-refractivity contribution < 1.29 is 9.90 Å². The van der Waals surface area contributed by atoms with Crippen LogP contribution in [0.15, 0.2) is 0 Å². The second-order valence-corrected chi connectivity index (χ2v) is 3.80. The molecule has 0 aromatic carbocycles. The second kappa shape index (κ2) is 3.44. The number of nitrogens with zero attached hydrogens (tertiary/aromatic N) is 1. The first-order chi connectivity index (χ1) is 5.52. The van der Waals surface area contributed by atoms with Gasteiger partial charge in [-0.1, -0.05) is 6.92 Å². The van der Waals surface area contributed by atoms with E-state index in [9.17, 15) is 9.90 Å². The van der Waals surface area contributed by atoms with Crippen molar-refractivity contribution in [1.82, 2.24) is 4.90 Å². The van der Waals surface area contributed by atoms with Crippen molar-refractivity contribution in [2.24, 2.45) is 5.92 Å². The van der Waals surface area contributed by atoms with E-state index in [4.69, 9.17) is 0 Å². The molecule has 0 radical (unpaired) electrons. The van der Waals surface area contributed by atoms with Gasteiger partial charge in [-0.15, -0.1) is 0 Å². The summed E-state index contributed by atoms with van der Waals surface area (Å²) in [4.78, 5) is 12.9. The average molecular weight is 171 g/mol. The van der Waals surface area contributed by atoms with Gasteiger partial charge in [-0.2, -0.15) is 0 Å². The normalized spacial score (nSPS) is 36.7. The van der Waals surface area contributed by atoms with Crippen molar-refractivity contribution in [3.8, 4) is 0 Å². The van der Waals surface area contributed by atoms with E-state index in [0.29, 0.717) is 13.0 Å². The molecule has 1 fully saturated rings. The fraction of sp³-hybridized carbons (Fsp3) is 0.889. The highest BCUT2D eigenvalue weighted by atomic mass is 16.3. The lowest BCUT2D eigenvalue weighted by Gasteiger charge is -2.39. The maximum absolute atomic E-state index is 11.1. The molecule has 3 unspecified atom stereocenters. The SMILES string of the molecule is CC(=O)N1CC(C)C(O)CC1C. The third-order valence-electron chi connectivity index (χ3n) is 2.66. The molecule has 1 N–H and O–H groups in total. The van der Waals surface area contributed by atoms with E-state index in [1.54, 1.807) is 6.92 Å². The summed E-state index contributed by atoms with van der Waals surface area (Å²) in [6.45, 7) is 6.24. The summed E-state index contributed by atoms with van der Waals surface area (Å²) in [5.41, 5.74) is 0. The lowest BCUT2D eigenvalue weighted by molar-refractivity contribution is -0.135. The van der Waals surface area contributed by atoms with E-state index in [2.05, 4.69) is 0 Å². The van der Waals surface area contributed by atoms with E-state index in [-0.39, 0.29) is 24.0 Å². The third-order valence-corrected chi connectivity index (χ3v) is 2.66. The first-order valence-electron chi connectivity index (χ1n) is 4.47. The second-order valence-electron chi connectivity index (χ2n) is 3.80. The smallest absolute Gasteiger partial charge is 0.219 e. The van der Waals surface area contributed by atoms with Crippen molar-refractivity contribution in [3.63, 3.8) is 0 Å². The van der Waals surface area contributed by atoms with Crippen LogP contribution in [0.4, 0.5) is 0 Å². The summed E-state index contributed by atoms with van der Waals surface area (Å²) in [6, 6.07) is 0.189. The molecule has 1 amide bonds. The Balaban J connectivity index is 2.61. The van der Waals surface area contributed by atoms with E-state index in [1.807, 2.05) is 18.7 Å². The van der Waals surface area contributed by atoms with Gasteiger partial charge in [0.15, 0.2) is 0 Å². The minimum atomic E-state index is -0.240. The highest BCUT2D eigenvalue weighted by molar-refractivity contribution is 5.73. The summed E-state index contributed by atoms with van der Waals surface area (Å²) in [6.07, 6.45) is 0.469. The fourth-order valence-electron chi connectivity index (χ4n) is 1.76. The van der Waals surface area contributed by atoms with Gasteiger partial charge in [0.2, 0.25) is 5.91 Å². The highest BCUT2D eigenvalue weighted by Crippen LogP contribution is 2.21. The van der Waals surface area contributed by atoms with Crippen LogP contribution in [0.3, 0.4) is 0 Å². The van der Waals surface area contributed by atoms with Gasteiger partial charge in [-0.3, -0.25) is 4.79 Å². The number of likely N-dealkylation sites (tertiary alicyclic amines) is 1. The Morgan fingerprint density at radius 2 is 2.08 bits per heavy atom. The topological polar surface area (TPSA) is 40.5 Å². The Morgan fingerprint density at radius 1 is 1.50 bits per heavy atom. The van der Waals surface area contributed by atoms with Gasteiger partial charge in [0.1, 0.15) is 0 Å². The van der Waals surface area contributed by atoms with Gasteiger partial charge in [0.05, 0.1) is 6.10 Å². The van der Waals surface area contributed by atoms with Crippen LogP contribution in [0, 0.1) is 5.92 Å². The standard InChI is InChI=1S/C9H17NO2/c1-6-5-10(8(3)11)7(2)4-9(6)12/h6-7,9,12H,4-5H2,1-3H3. The quantitative estimate of drug-likeness (QED) is 0.580. The molecule has 0 saturated carbocycles. The van der Waals surface area contributed by atoms with Crippen LogP contribution in [0.2, 0.25) is 0 Å². The minimum Gasteiger partial charge on any atom is -0.393 e. The van der Waals surface area contributed by atoms with Crippen molar-refractivity contribution >= 4 is 5.91 Å². The molecule has 1 aliphatic heterocycles.